The van der Waals surface area contributed by atoms with Crippen LogP contribution in [0.15, 0.2) is 52.3 Å². The van der Waals surface area contributed by atoms with Gasteiger partial charge in [-0.2, -0.15) is 4.31 Å². The maximum atomic E-state index is 14.0. The highest BCUT2D eigenvalue weighted by Gasteiger charge is 2.32. The van der Waals surface area contributed by atoms with E-state index in [1.165, 1.54) is 51.3 Å². The van der Waals surface area contributed by atoms with Crippen LogP contribution < -0.4 is 10.2 Å². The lowest BCUT2D eigenvalue weighted by atomic mass is 10.1. The van der Waals surface area contributed by atoms with Gasteiger partial charge < -0.3 is 15.0 Å². The number of fused-ring (bicyclic) bond motifs is 1. The number of amides is 2. The normalized spacial score (nSPS) is 19.6. The van der Waals surface area contributed by atoms with Crippen LogP contribution in [0.2, 0.25) is 0 Å². The summed E-state index contributed by atoms with van der Waals surface area (Å²) in [6.07, 6.45) is 0. The molecule has 0 unspecified atom stereocenters. The zero-order valence-corrected chi connectivity index (χ0v) is 19.6. The van der Waals surface area contributed by atoms with Crippen LogP contribution in [0.4, 0.5) is 15.8 Å². The zero-order valence-electron chi connectivity index (χ0n) is 18.0. The summed E-state index contributed by atoms with van der Waals surface area (Å²) in [5, 5.41) is 2.49. The molecule has 0 aliphatic carbocycles. The fourth-order valence-electron chi connectivity index (χ4n) is 3.66. The molecular formula is C22H24FN3O5S2. The average Bonchev–Trinajstić information content (AvgIpc) is 2.93. The van der Waals surface area contributed by atoms with Crippen molar-refractivity contribution in [1.82, 2.24) is 4.31 Å². The van der Waals surface area contributed by atoms with Gasteiger partial charge in [0.05, 0.1) is 29.5 Å². The third-order valence-electron chi connectivity index (χ3n) is 5.46. The predicted molar refractivity (Wildman–Crippen MR) is 123 cm³/mol. The molecule has 1 atom stereocenters. The van der Waals surface area contributed by atoms with Gasteiger partial charge in [-0.15, -0.1) is 11.8 Å². The van der Waals surface area contributed by atoms with Gasteiger partial charge in [-0.3, -0.25) is 9.59 Å². The molecule has 2 aliphatic rings. The standard InChI is InChI=1S/C22H24FN3O5S2/c1-15-14-32-20-7-6-16(33(29,30)25-8-10-31-11-9-25)12-19(20)26(22(15)28)13-21(27)24-18-5-3-2-4-17(18)23/h2-7,12,15H,8-11,13-14H2,1H3,(H,24,27)/t15-/m1/s1. The number of hydrogen-bond donors (Lipinski definition) is 1. The minimum absolute atomic E-state index is 0.0102. The van der Waals surface area contributed by atoms with Crippen molar-refractivity contribution in [3.8, 4) is 0 Å². The Hall–Kier alpha value is -2.47. The van der Waals surface area contributed by atoms with Crippen molar-refractivity contribution in [1.29, 1.82) is 0 Å². The molecule has 2 amide bonds. The van der Waals surface area contributed by atoms with Crippen LogP contribution in [0, 0.1) is 11.7 Å². The number of anilines is 2. The average molecular weight is 494 g/mol. The number of sulfonamides is 1. The first-order valence-corrected chi connectivity index (χ1v) is 12.9. The van der Waals surface area contributed by atoms with E-state index < -0.39 is 21.7 Å². The summed E-state index contributed by atoms with van der Waals surface area (Å²) in [5.74, 6) is -1.36. The van der Waals surface area contributed by atoms with Crippen molar-refractivity contribution in [2.45, 2.75) is 16.7 Å². The highest BCUT2D eigenvalue weighted by Crippen LogP contribution is 2.38. The molecular weight excluding hydrogens is 469 g/mol. The molecule has 0 bridgehead atoms. The van der Waals surface area contributed by atoms with Crippen molar-refractivity contribution in [2.24, 2.45) is 5.92 Å². The minimum atomic E-state index is -3.79. The van der Waals surface area contributed by atoms with Gasteiger partial charge in [-0.25, -0.2) is 12.8 Å². The number of rotatable bonds is 5. The molecule has 33 heavy (non-hydrogen) atoms. The fourth-order valence-corrected chi connectivity index (χ4v) is 6.14. The van der Waals surface area contributed by atoms with Crippen molar-refractivity contribution in [3.05, 3.63) is 48.3 Å². The van der Waals surface area contributed by atoms with E-state index in [1.54, 1.807) is 19.1 Å². The quantitative estimate of drug-likeness (QED) is 0.688. The Bertz CT molecular complexity index is 1170. The molecule has 11 heteroatoms. The lowest BCUT2D eigenvalue weighted by molar-refractivity contribution is -0.123. The van der Waals surface area contributed by atoms with E-state index in [1.807, 2.05) is 0 Å². The van der Waals surface area contributed by atoms with Crippen molar-refractivity contribution >= 4 is 45.0 Å². The lowest BCUT2D eigenvalue weighted by Crippen LogP contribution is -2.42. The molecule has 1 N–H and O–H groups in total. The molecule has 2 aromatic carbocycles. The molecule has 0 saturated carbocycles. The SMILES string of the molecule is C[C@@H]1CSc2ccc(S(=O)(=O)N3CCOCC3)cc2N(CC(=O)Nc2ccccc2F)C1=O. The minimum Gasteiger partial charge on any atom is -0.379 e. The highest BCUT2D eigenvalue weighted by molar-refractivity contribution is 7.99. The molecule has 0 spiro atoms. The second-order valence-corrected chi connectivity index (χ2v) is 10.8. The smallest absolute Gasteiger partial charge is 0.244 e. The largest absolute Gasteiger partial charge is 0.379 e. The summed E-state index contributed by atoms with van der Waals surface area (Å²) in [5.41, 5.74) is 0.364. The van der Waals surface area contributed by atoms with Crippen LogP contribution in [-0.4, -0.2) is 63.1 Å². The second kappa shape index (κ2) is 9.80. The molecule has 176 valence electrons. The molecule has 2 aliphatic heterocycles. The molecule has 0 aromatic heterocycles. The second-order valence-electron chi connectivity index (χ2n) is 7.81. The number of carbonyl (C=O) groups excluding carboxylic acids is 2. The molecule has 2 aromatic rings. The summed E-state index contributed by atoms with van der Waals surface area (Å²) < 4.78 is 46.9. The Morgan fingerprint density at radius 3 is 2.67 bits per heavy atom. The summed E-state index contributed by atoms with van der Waals surface area (Å²) in [7, 11) is -3.79. The molecule has 0 radical (unpaired) electrons. The topological polar surface area (TPSA) is 96.0 Å². The Balaban J connectivity index is 1.66. The number of carbonyl (C=O) groups is 2. The number of morpholine rings is 1. The van der Waals surface area contributed by atoms with Crippen LogP contribution in [0.5, 0.6) is 0 Å². The Morgan fingerprint density at radius 2 is 1.94 bits per heavy atom. The van der Waals surface area contributed by atoms with Crippen LogP contribution in [0.3, 0.4) is 0 Å². The number of nitrogens with zero attached hydrogens (tertiary/aromatic N) is 2. The Kier molecular flexibility index (Phi) is 7.03. The Labute approximate surface area is 196 Å². The molecule has 1 saturated heterocycles. The Morgan fingerprint density at radius 1 is 1.21 bits per heavy atom. The molecule has 8 nitrogen and oxygen atoms in total. The van der Waals surface area contributed by atoms with Crippen LogP contribution in [0.1, 0.15) is 6.92 Å². The van der Waals surface area contributed by atoms with Crippen molar-refractivity contribution < 1.29 is 27.1 Å². The summed E-state index contributed by atoms with van der Waals surface area (Å²) in [6, 6.07) is 10.4. The summed E-state index contributed by atoms with van der Waals surface area (Å²) in [4.78, 5) is 27.9. The number of ether oxygens (including phenoxy) is 1. The number of benzene rings is 2. The van der Waals surface area contributed by atoms with E-state index in [9.17, 15) is 22.4 Å². The first-order valence-electron chi connectivity index (χ1n) is 10.5. The number of halogens is 1. The van der Waals surface area contributed by atoms with Gasteiger partial charge in [0, 0.05) is 29.7 Å². The van der Waals surface area contributed by atoms with Gasteiger partial charge >= 0.3 is 0 Å². The van der Waals surface area contributed by atoms with E-state index in [-0.39, 0.29) is 42.0 Å². The maximum Gasteiger partial charge on any atom is 0.244 e. The predicted octanol–water partition coefficient (Wildman–Crippen LogP) is 2.56. The fraction of sp³-hybridized carbons (Fsp3) is 0.364. The van der Waals surface area contributed by atoms with E-state index in [0.29, 0.717) is 29.5 Å². The van der Waals surface area contributed by atoms with E-state index in [0.717, 1.165) is 0 Å². The van der Waals surface area contributed by atoms with Gasteiger partial charge in [0.1, 0.15) is 12.4 Å². The lowest BCUT2D eigenvalue weighted by Gasteiger charge is -2.27. The number of hydrogen-bond acceptors (Lipinski definition) is 6. The molecule has 4 rings (SSSR count). The van der Waals surface area contributed by atoms with Crippen LogP contribution in [-0.2, 0) is 24.3 Å². The van der Waals surface area contributed by atoms with Gasteiger partial charge in [0.2, 0.25) is 21.8 Å². The van der Waals surface area contributed by atoms with E-state index in [2.05, 4.69) is 5.32 Å². The highest BCUT2D eigenvalue weighted by atomic mass is 32.2. The summed E-state index contributed by atoms with van der Waals surface area (Å²) in [6.45, 7) is 2.52. The van der Waals surface area contributed by atoms with Crippen LogP contribution in [0.25, 0.3) is 0 Å². The van der Waals surface area contributed by atoms with Gasteiger partial charge in [0.15, 0.2) is 0 Å². The van der Waals surface area contributed by atoms with Gasteiger partial charge in [0.25, 0.3) is 0 Å². The number of para-hydroxylation sites is 1. The van der Waals surface area contributed by atoms with E-state index in [4.69, 9.17) is 4.74 Å². The first kappa shape index (κ1) is 23.7. The molecule has 2 heterocycles. The third kappa shape index (κ3) is 5.06. The third-order valence-corrected chi connectivity index (χ3v) is 8.67. The van der Waals surface area contributed by atoms with E-state index >= 15 is 0 Å². The van der Waals surface area contributed by atoms with Crippen molar-refractivity contribution in [3.63, 3.8) is 0 Å². The number of thioether (sulfide) groups is 1. The maximum absolute atomic E-state index is 14.0. The van der Waals surface area contributed by atoms with Crippen molar-refractivity contribution in [2.75, 3.05) is 48.8 Å². The summed E-state index contributed by atoms with van der Waals surface area (Å²) >= 11 is 1.43. The molecule has 1 fully saturated rings. The van der Waals surface area contributed by atoms with Gasteiger partial charge in [-0.1, -0.05) is 19.1 Å². The zero-order chi connectivity index (χ0) is 23.6. The number of nitrogens with one attached hydrogen (secondary N) is 1. The van der Waals surface area contributed by atoms with Crippen LogP contribution >= 0.6 is 11.8 Å². The van der Waals surface area contributed by atoms with Gasteiger partial charge in [-0.05, 0) is 30.3 Å². The first-order chi connectivity index (χ1) is 15.8. The monoisotopic (exact) mass is 493 g/mol.